The number of guanidine groups is 1. The van der Waals surface area contributed by atoms with Crippen LogP contribution in [0, 0.1) is 0 Å². The van der Waals surface area contributed by atoms with E-state index >= 15 is 0 Å². The molecule has 0 saturated carbocycles. The van der Waals surface area contributed by atoms with E-state index in [2.05, 4.69) is 49.8 Å². The Bertz CT molecular complexity index is 839. The molecule has 8 heteroatoms. The lowest BCUT2D eigenvalue weighted by atomic mass is 10.1. The number of nitrogens with one attached hydrogen (secondary N) is 2. The summed E-state index contributed by atoms with van der Waals surface area (Å²) < 4.78 is 11.0. The Hall–Kier alpha value is -2.23. The number of halogens is 1. The summed E-state index contributed by atoms with van der Waals surface area (Å²) in [5.41, 5.74) is 2.38. The van der Waals surface area contributed by atoms with Gasteiger partial charge in [-0.15, -0.1) is 24.0 Å². The first-order valence-corrected chi connectivity index (χ1v) is 11.2. The lowest BCUT2D eigenvalue weighted by Gasteiger charge is -2.16. The van der Waals surface area contributed by atoms with Crippen LogP contribution in [0.1, 0.15) is 37.3 Å². The summed E-state index contributed by atoms with van der Waals surface area (Å²) in [7, 11) is 3.46. The van der Waals surface area contributed by atoms with Crippen molar-refractivity contribution in [2.45, 2.75) is 39.2 Å². The van der Waals surface area contributed by atoms with Crippen LogP contribution in [0.3, 0.4) is 0 Å². The zero-order chi connectivity index (χ0) is 21.9. The molecule has 7 nitrogen and oxygen atoms in total. The van der Waals surface area contributed by atoms with Crippen LogP contribution in [0.4, 0.5) is 5.82 Å². The quantitative estimate of drug-likeness (QED) is 0.201. The van der Waals surface area contributed by atoms with Crippen molar-refractivity contribution in [3.63, 3.8) is 0 Å². The highest BCUT2D eigenvalue weighted by Gasteiger charge is 2.13. The maximum absolute atomic E-state index is 5.66. The SMILES string of the molecule is CCOc1cc(CCCNC(=NC)NCc2ccc(N3CCCC3)nc2)ccc1OC.I. The summed E-state index contributed by atoms with van der Waals surface area (Å²) >= 11 is 0. The van der Waals surface area contributed by atoms with Crippen LogP contribution in [-0.2, 0) is 13.0 Å². The molecule has 1 saturated heterocycles. The van der Waals surface area contributed by atoms with E-state index in [-0.39, 0.29) is 24.0 Å². The predicted octanol–water partition coefficient (Wildman–Crippen LogP) is 4.00. The highest BCUT2D eigenvalue weighted by atomic mass is 127. The van der Waals surface area contributed by atoms with E-state index in [1.165, 1.54) is 18.4 Å². The highest BCUT2D eigenvalue weighted by Crippen LogP contribution is 2.28. The van der Waals surface area contributed by atoms with Crippen molar-refractivity contribution < 1.29 is 9.47 Å². The predicted molar refractivity (Wildman–Crippen MR) is 142 cm³/mol. The van der Waals surface area contributed by atoms with Crippen LogP contribution in [0.5, 0.6) is 11.5 Å². The van der Waals surface area contributed by atoms with E-state index in [0.29, 0.717) is 13.2 Å². The Balaban J connectivity index is 0.00000363. The van der Waals surface area contributed by atoms with E-state index in [9.17, 15) is 0 Å². The van der Waals surface area contributed by atoms with Gasteiger partial charge in [-0.25, -0.2) is 4.98 Å². The second kappa shape index (κ2) is 14.0. The summed E-state index contributed by atoms with van der Waals surface area (Å²) in [5.74, 6) is 3.46. The maximum atomic E-state index is 5.66. The molecule has 2 N–H and O–H groups in total. The number of hydrogen-bond donors (Lipinski definition) is 2. The Morgan fingerprint density at radius 2 is 1.88 bits per heavy atom. The molecule has 1 fully saturated rings. The minimum absolute atomic E-state index is 0. The zero-order valence-corrected chi connectivity index (χ0v) is 21.7. The number of benzene rings is 1. The van der Waals surface area contributed by atoms with Crippen LogP contribution < -0.4 is 25.0 Å². The van der Waals surface area contributed by atoms with E-state index < -0.39 is 0 Å². The Labute approximate surface area is 209 Å². The van der Waals surface area contributed by atoms with Crippen LogP contribution >= 0.6 is 24.0 Å². The molecule has 1 aliphatic rings. The number of pyridine rings is 1. The largest absolute Gasteiger partial charge is 0.493 e. The van der Waals surface area contributed by atoms with Gasteiger partial charge in [-0.05, 0) is 61.9 Å². The molecule has 3 rings (SSSR count). The van der Waals surface area contributed by atoms with Crippen LogP contribution in [-0.4, -0.2) is 51.3 Å². The summed E-state index contributed by atoms with van der Waals surface area (Å²) in [6.07, 6.45) is 6.42. The molecule has 0 atom stereocenters. The van der Waals surface area contributed by atoms with Gasteiger partial charge in [-0.3, -0.25) is 4.99 Å². The molecule has 2 heterocycles. The first-order valence-electron chi connectivity index (χ1n) is 11.2. The van der Waals surface area contributed by atoms with Gasteiger partial charge in [0.25, 0.3) is 0 Å². The number of aromatic nitrogens is 1. The lowest BCUT2D eigenvalue weighted by Crippen LogP contribution is -2.37. The summed E-state index contributed by atoms with van der Waals surface area (Å²) in [6, 6.07) is 10.4. The van der Waals surface area contributed by atoms with Gasteiger partial charge >= 0.3 is 0 Å². The molecule has 1 aromatic heterocycles. The number of rotatable bonds is 10. The smallest absolute Gasteiger partial charge is 0.191 e. The first-order chi connectivity index (χ1) is 15.2. The molecule has 2 aromatic rings. The molecular weight excluding hydrogens is 517 g/mol. The third-order valence-electron chi connectivity index (χ3n) is 5.39. The van der Waals surface area contributed by atoms with E-state index in [1.807, 2.05) is 19.2 Å². The molecule has 1 aliphatic heterocycles. The Morgan fingerprint density at radius 1 is 1.09 bits per heavy atom. The van der Waals surface area contributed by atoms with Gasteiger partial charge in [0, 0.05) is 39.4 Å². The molecule has 0 bridgehead atoms. The average molecular weight is 553 g/mol. The molecule has 176 valence electrons. The zero-order valence-electron chi connectivity index (χ0n) is 19.4. The van der Waals surface area contributed by atoms with Crippen molar-refractivity contribution in [3.05, 3.63) is 47.7 Å². The molecule has 0 unspecified atom stereocenters. The standard InChI is InChI=1S/C24H35N5O2.HI/c1-4-31-22-16-19(9-11-21(22)30-3)8-7-13-26-24(25-2)28-18-20-10-12-23(27-17-20)29-14-5-6-15-29;/h9-12,16-17H,4-8,13-15,18H2,1-3H3,(H2,25,26,28);1H. The highest BCUT2D eigenvalue weighted by molar-refractivity contribution is 14.0. The van der Waals surface area contributed by atoms with Crippen LogP contribution in [0.25, 0.3) is 0 Å². The van der Waals surface area contributed by atoms with Crippen LogP contribution in [0.2, 0.25) is 0 Å². The van der Waals surface area contributed by atoms with Gasteiger partial charge in [0.15, 0.2) is 17.5 Å². The molecule has 0 aliphatic carbocycles. The Morgan fingerprint density at radius 3 is 2.53 bits per heavy atom. The first kappa shape index (κ1) is 26.0. The summed E-state index contributed by atoms with van der Waals surface area (Å²) in [6.45, 7) is 6.37. The molecule has 1 aromatic carbocycles. The van der Waals surface area contributed by atoms with Crippen molar-refractivity contribution in [2.24, 2.45) is 4.99 Å². The number of aliphatic imine (C=N–C) groups is 1. The van der Waals surface area contributed by atoms with Gasteiger partial charge in [-0.2, -0.15) is 0 Å². The minimum Gasteiger partial charge on any atom is -0.493 e. The number of nitrogens with zero attached hydrogens (tertiary/aromatic N) is 3. The fraction of sp³-hybridized carbons (Fsp3) is 0.500. The monoisotopic (exact) mass is 553 g/mol. The van der Waals surface area contributed by atoms with Crippen molar-refractivity contribution in [1.29, 1.82) is 0 Å². The summed E-state index contributed by atoms with van der Waals surface area (Å²) in [5, 5.41) is 6.75. The van der Waals surface area contributed by atoms with Crippen molar-refractivity contribution in [3.8, 4) is 11.5 Å². The topological polar surface area (TPSA) is 71.0 Å². The van der Waals surface area contributed by atoms with Gasteiger partial charge in [0.05, 0.1) is 13.7 Å². The maximum Gasteiger partial charge on any atom is 0.191 e. The molecular formula is C24H36IN5O2. The average Bonchev–Trinajstić information content (AvgIpc) is 3.34. The fourth-order valence-electron chi connectivity index (χ4n) is 3.71. The molecule has 0 amide bonds. The Kier molecular flexibility index (Phi) is 11.4. The number of ether oxygens (including phenoxy) is 2. The number of aryl methyl sites for hydroxylation is 1. The minimum atomic E-state index is 0. The van der Waals surface area contributed by atoms with Gasteiger partial charge in [0.2, 0.25) is 0 Å². The van der Waals surface area contributed by atoms with E-state index in [0.717, 1.165) is 61.3 Å². The van der Waals surface area contributed by atoms with E-state index in [1.54, 1.807) is 14.2 Å². The van der Waals surface area contributed by atoms with Crippen molar-refractivity contribution in [1.82, 2.24) is 15.6 Å². The molecule has 32 heavy (non-hydrogen) atoms. The van der Waals surface area contributed by atoms with Gasteiger partial charge in [0.1, 0.15) is 5.82 Å². The number of hydrogen-bond acceptors (Lipinski definition) is 5. The fourth-order valence-corrected chi connectivity index (χ4v) is 3.71. The summed E-state index contributed by atoms with van der Waals surface area (Å²) in [4.78, 5) is 11.3. The number of methoxy groups -OCH3 is 1. The third-order valence-corrected chi connectivity index (χ3v) is 5.39. The van der Waals surface area contributed by atoms with Crippen molar-refractivity contribution >= 4 is 35.8 Å². The number of anilines is 1. The normalized spacial score (nSPS) is 13.5. The van der Waals surface area contributed by atoms with E-state index in [4.69, 9.17) is 9.47 Å². The molecule has 0 radical (unpaired) electrons. The third kappa shape index (κ3) is 7.72. The van der Waals surface area contributed by atoms with Gasteiger partial charge in [-0.1, -0.05) is 12.1 Å². The van der Waals surface area contributed by atoms with Crippen molar-refractivity contribution in [2.75, 3.05) is 45.3 Å². The van der Waals surface area contributed by atoms with Crippen LogP contribution in [0.15, 0.2) is 41.5 Å². The molecule has 0 spiro atoms. The second-order valence-electron chi connectivity index (χ2n) is 7.59. The van der Waals surface area contributed by atoms with Gasteiger partial charge < -0.3 is 25.0 Å². The second-order valence-corrected chi connectivity index (χ2v) is 7.59. The lowest BCUT2D eigenvalue weighted by molar-refractivity contribution is 0.310.